The smallest absolute Gasteiger partial charge is 0.326 e. The monoisotopic (exact) mass is 277 g/mol. The van der Waals surface area contributed by atoms with Gasteiger partial charge in [0.25, 0.3) is 5.91 Å². The molecule has 0 saturated carbocycles. The molecule has 0 aromatic heterocycles. The van der Waals surface area contributed by atoms with Gasteiger partial charge in [-0.2, -0.15) is 0 Å². The molecule has 1 amide bonds. The van der Waals surface area contributed by atoms with E-state index in [2.05, 4.69) is 5.32 Å². The summed E-state index contributed by atoms with van der Waals surface area (Å²) in [5.41, 5.74) is 1.54. The van der Waals surface area contributed by atoms with Crippen LogP contribution in [0.4, 0.5) is 0 Å². The zero-order valence-corrected chi connectivity index (χ0v) is 12.1. The number of hydrogen-bond acceptors (Lipinski definition) is 3. The van der Waals surface area contributed by atoms with E-state index in [1.54, 1.807) is 32.9 Å². The Morgan fingerprint density at radius 1 is 1.20 bits per heavy atom. The molecule has 1 atom stereocenters. The minimum Gasteiger partial charge on any atom is -0.480 e. The van der Waals surface area contributed by atoms with Gasteiger partial charge in [-0.3, -0.25) is 9.59 Å². The summed E-state index contributed by atoms with van der Waals surface area (Å²) in [7, 11) is 0. The minimum atomic E-state index is -1.08. The fraction of sp³-hybridized carbons (Fsp3) is 0.400. The number of rotatable bonds is 5. The molecular formula is C15H19NO4. The number of Topliss-reactive ketones (excluding diaryl/α,β-unsaturated/α-hetero) is 1. The quantitative estimate of drug-likeness (QED) is 0.807. The van der Waals surface area contributed by atoms with Crippen LogP contribution in [0.5, 0.6) is 0 Å². The first kappa shape index (κ1) is 15.9. The lowest BCUT2D eigenvalue weighted by atomic mass is 10.0. The number of carboxylic acid groups (broad SMARTS) is 1. The van der Waals surface area contributed by atoms with Crippen LogP contribution in [0, 0.1) is 12.8 Å². The Morgan fingerprint density at radius 2 is 1.80 bits per heavy atom. The Morgan fingerprint density at radius 3 is 2.25 bits per heavy atom. The number of carboxylic acids is 1. The normalized spacial score (nSPS) is 12.1. The number of amides is 1. The lowest BCUT2D eigenvalue weighted by Gasteiger charge is -2.18. The van der Waals surface area contributed by atoms with E-state index in [1.807, 2.05) is 0 Å². The van der Waals surface area contributed by atoms with Crippen LogP contribution in [0.3, 0.4) is 0 Å². The van der Waals surface area contributed by atoms with E-state index in [4.69, 9.17) is 5.11 Å². The molecule has 0 saturated heterocycles. The Labute approximate surface area is 118 Å². The third kappa shape index (κ3) is 3.66. The third-order valence-electron chi connectivity index (χ3n) is 3.10. The second-order valence-electron chi connectivity index (χ2n) is 5.12. The van der Waals surface area contributed by atoms with Crippen molar-refractivity contribution in [1.29, 1.82) is 0 Å². The summed E-state index contributed by atoms with van der Waals surface area (Å²) in [4.78, 5) is 34.6. The predicted octanol–water partition coefficient (Wildman–Crippen LogP) is 2.04. The van der Waals surface area contributed by atoms with Gasteiger partial charge in [0, 0.05) is 11.1 Å². The molecule has 1 aromatic rings. The van der Waals surface area contributed by atoms with Crippen molar-refractivity contribution in [2.24, 2.45) is 5.92 Å². The molecule has 0 aliphatic heterocycles. The van der Waals surface area contributed by atoms with E-state index in [-0.39, 0.29) is 17.3 Å². The highest BCUT2D eigenvalue weighted by molar-refractivity contribution is 6.01. The summed E-state index contributed by atoms with van der Waals surface area (Å²) in [5.74, 6) is -1.93. The second kappa shape index (κ2) is 6.32. The third-order valence-corrected chi connectivity index (χ3v) is 3.10. The summed E-state index contributed by atoms with van der Waals surface area (Å²) >= 11 is 0. The van der Waals surface area contributed by atoms with E-state index in [0.29, 0.717) is 5.56 Å². The van der Waals surface area contributed by atoms with Crippen LogP contribution in [-0.4, -0.2) is 28.8 Å². The molecule has 1 aromatic carbocycles. The van der Waals surface area contributed by atoms with Crippen LogP contribution in [0.1, 0.15) is 47.1 Å². The molecule has 20 heavy (non-hydrogen) atoms. The molecule has 1 rings (SSSR count). The first-order valence-corrected chi connectivity index (χ1v) is 6.39. The van der Waals surface area contributed by atoms with E-state index in [0.717, 1.165) is 5.56 Å². The average Bonchev–Trinajstić information content (AvgIpc) is 2.34. The zero-order valence-electron chi connectivity index (χ0n) is 12.1. The van der Waals surface area contributed by atoms with Crippen molar-refractivity contribution < 1.29 is 19.5 Å². The largest absolute Gasteiger partial charge is 0.480 e. The number of aryl methyl sites for hydroxylation is 1. The van der Waals surface area contributed by atoms with Crippen molar-refractivity contribution in [2.75, 3.05) is 0 Å². The van der Waals surface area contributed by atoms with E-state index >= 15 is 0 Å². The number of nitrogens with one attached hydrogen (secondary N) is 1. The van der Waals surface area contributed by atoms with Gasteiger partial charge in [-0.05, 0) is 37.5 Å². The van der Waals surface area contributed by atoms with Crippen LogP contribution in [0.15, 0.2) is 18.2 Å². The Kier molecular flexibility index (Phi) is 5.02. The minimum absolute atomic E-state index is 0.129. The summed E-state index contributed by atoms with van der Waals surface area (Å²) < 4.78 is 0. The topological polar surface area (TPSA) is 83.5 Å². The van der Waals surface area contributed by atoms with E-state index in [9.17, 15) is 14.4 Å². The maximum Gasteiger partial charge on any atom is 0.326 e. The molecule has 0 radical (unpaired) electrons. The van der Waals surface area contributed by atoms with Crippen molar-refractivity contribution in [3.63, 3.8) is 0 Å². The van der Waals surface area contributed by atoms with Crippen LogP contribution >= 0.6 is 0 Å². The number of hydrogen-bond donors (Lipinski definition) is 2. The fourth-order valence-electron chi connectivity index (χ4n) is 1.88. The van der Waals surface area contributed by atoms with Crippen molar-refractivity contribution in [2.45, 2.75) is 33.7 Å². The summed E-state index contributed by atoms with van der Waals surface area (Å²) in [6.45, 7) is 6.65. The first-order chi connectivity index (χ1) is 9.23. The zero-order chi connectivity index (χ0) is 15.4. The van der Waals surface area contributed by atoms with Crippen LogP contribution in [0.25, 0.3) is 0 Å². The fourth-order valence-corrected chi connectivity index (χ4v) is 1.88. The van der Waals surface area contributed by atoms with Gasteiger partial charge in [-0.1, -0.05) is 19.9 Å². The number of ketones is 1. The van der Waals surface area contributed by atoms with Crippen molar-refractivity contribution >= 4 is 17.7 Å². The molecule has 0 unspecified atom stereocenters. The van der Waals surface area contributed by atoms with Gasteiger partial charge < -0.3 is 10.4 Å². The highest BCUT2D eigenvalue weighted by Gasteiger charge is 2.24. The standard InChI is InChI=1S/C15H19NO4/c1-8(2)13(15(19)20)16-14(18)11-6-5-9(3)12(7-11)10(4)17/h5-8,13H,1-4H3,(H,16,18)(H,19,20)/t13-/m0/s1. The summed E-state index contributed by atoms with van der Waals surface area (Å²) in [5, 5.41) is 11.5. The van der Waals surface area contributed by atoms with Gasteiger partial charge in [0.05, 0.1) is 0 Å². The van der Waals surface area contributed by atoms with Gasteiger partial charge in [0.1, 0.15) is 6.04 Å². The van der Waals surface area contributed by atoms with Crippen molar-refractivity contribution in [1.82, 2.24) is 5.32 Å². The molecule has 0 spiro atoms. The van der Waals surface area contributed by atoms with Crippen molar-refractivity contribution in [3.8, 4) is 0 Å². The lowest BCUT2D eigenvalue weighted by Crippen LogP contribution is -2.44. The van der Waals surface area contributed by atoms with Gasteiger partial charge >= 0.3 is 5.97 Å². The van der Waals surface area contributed by atoms with Crippen molar-refractivity contribution in [3.05, 3.63) is 34.9 Å². The Bertz CT molecular complexity index is 549. The lowest BCUT2D eigenvalue weighted by molar-refractivity contribution is -0.140. The van der Waals surface area contributed by atoms with Gasteiger partial charge in [-0.15, -0.1) is 0 Å². The SMILES string of the molecule is CC(=O)c1cc(C(=O)N[C@H](C(=O)O)C(C)C)ccc1C. The van der Waals surface area contributed by atoms with Crippen LogP contribution < -0.4 is 5.32 Å². The molecule has 108 valence electrons. The number of carbonyl (C=O) groups is 3. The molecule has 2 N–H and O–H groups in total. The second-order valence-corrected chi connectivity index (χ2v) is 5.12. The molecule has 5 nitrogen and oxygen atoms in total. The summed E-state index contributed by atoms with van der Waals surface area (Å²) in [6.07, 6.45) is 0. The number of carbonyl (C=O) groups excluding carboxylic acids is 2. The van der Waals surface area contributed by atoms with E-state index in [1.165, 1.54) is 13.0 Å². The molecule has 0 aliphatic rings. The number of aliphatic carboxylic acids is 1. The summed E-state index contributed by atoms with van der Waals surface area (Å²) in [6, 6.07) is 3.80. The average molecular weight is 277 g/mol. The molecule has 0 fully saturated rings. The molecule has 0 heterocycles. The predicted molar refractivity (Wildman–Crippen MR) is 74.9 cm³/mol. The van der Waals surface area contributed by atoms with Gasteiger partial charge in [0.2, 0.25) is 0 Å². The molecule has 5 heteroatoms. The van der Waals surface area contributed by atoms with Crippen LogP contribution in [0.2, 0.25) is 0 Å². The van der Waals surface area contributed by atoms with Gasteiger partial charge in [0.15, 0.2) is 5.78 Å². The number of benzene rings is 1. The highest BCUT2D eigenvalue weighted by Crippen LogP contribution is 2.13. The van der Waals surface area contributed by atoms with Gasteiger partial charge in [-0.25, -0.2) is 4.79 Å². The molecule has 0 aliphatic carbocycles. The highest BCUT2D eigenvalue weighted by atomic mass is 16.4. The first-order valence-electron chi connectivity index (χ1n) is 6.39. The Balaban J connectivity index is 3.01. The van der Waals surface area contributed by atoms with E-state index < -0.39 is 17.9 Å². The Hall–Kier alpha value is -2.17. The molecule has 0 bridgehead atoms. The maximum atomic E-state index is 12.1. The van der Waals surface area contributed by atoms with Crippen LogP contribution in [-0.2, 0) is 4.79 Å². The molecular weight excluding hydrogens is 258 g/mol. The maximum absolute atomic E-state index is 12.1.